The van der Waals surface area contributed by atoms with Gasteiger partial charge in [-0.15, -0.1) is 0 Å². The van der Waals surface area contributed by atoms with Crippen molar-refractivity contribution in [3.63, 3.8) is 0 Å². The maximum Gasteiger partial charge on any atom is 0.227 e. The van der Waals surface area contributed by atoms with Gasteiger partial charge in [0.05, 0.1) is 5.92 Å². The second-order valence-corrected chi connectivity index (χ2v) is 6.13. The van der Waals surface area contributed by atoms with E-state index in [1.54, 1.807) is 0 Å². The van der Waals surface area contributed by atoms with Crippen LogP contribution in [0.15, 0.2) is 24.3 Å². The number of aliphatic hydroxyl groups excluding tert-OH is 1. The standard InChI is InChI=1S/C17H23NO2/c19-11-13-7-4-10-16(13)18-17(20)15-9-3-6-12-5-1-2-8-14(12)15/h1-2,5,8,13,15-16,19H,3-4,6-7,9-11H2,(H,18,20). The number of hydrogen-bond donors (Lipinski definition) is 2. The Morgan fingerprint density at radius 1 is 1.20 bits per heavy atom. The number of benzene rings is 1. The van der Waals surface area contributed by atoms with Gasteiger partial charge in [0, 0.05) is 18.6 Å². The van der Waals surface area contributed by atoms with Gasteiger partial charge in [0.15, 0.2) is 0 Å². The molecule has 1 saturated carbocycles. The fourth-order valence-electron chi connectivity index (χ4n) is 3.75. The summed E-state index contributed by atoms with van der Waals surface area (Å²) in [5.41, 5.74) is 2.53. The lowest BCUT2D eigenvalue weighted by molar-refractivity contribution is -0.123. The quantitative estimate of drug-likeness (QED) is 0.888. The Kier molecular flexibility index (Phi) is 4.06. The molecule has 1 fully saturated rings. The van der Waals surface area contributed by atoms with Crippen LogP contribution < -0.4 is 5.32 Å². The zero-order valence-electron chi connectivity index (χ0n) is 11.8. The minimum absolute atomic E-state index is 0.0000992. The van der Waals surface area contributed by atoms with Crippen LogP contribution in [0.4, 0.5) is 0 Å². The van der Waals surface area contributed by atoms with Gasteiger partial charge in [-0.25, -0.2) is 0 Å². The lowest BCUT2D eigenvalue weighted by Crippen LogP contribution is -2.41. The number of hydrogen-bond acceptors (Lipinski definition) is 2. The zero-order valence-corrected chi connectivity index (χ0v) is 11.8. The highest BCUT2D eigenvalue weighted by Crippen LogP contribution is 2.33. The molecule has 1 aromatic rings. The van der Waals surface area contributed by atoms with Crippen LogP contribution in [0.5, 0.6) is 0 Å². The van der Waals surface area contributed by atoms with Gasteiger partial charge in [0.1, 0.15) is 0 Å². The third-order valence-electron chi connectivity index (χ3n) is 4.91. The van der Waals surface area contributed by atoms with E-state index in [4.69, 9.17) is 0 Å². The third kappa shape index (κ3) is 2.59. The van der Waals surface area contributed by atoms with Crippen LogP contribution in [-0.4, -0.2) is 23.7 Å². The molecule has 2 N–H and O–H groups in total. The normalized spacial score (nSPS) is 28.9. The third-order valence-corrected chi connectivity index (χ3v) is 4.91. The number of aliphatic hydroxyl groups is 1. The van der Waals surface area contributed by atoms with Crippen LogP contribution in [0, 0.1) is 5.92 Å². The van der Waals surface area contributed by atoms with E-state index in [-0.39, 0.29) is 30.4 Å². The van der Waals surface area contributed by atoms with Crippen molar-refractivity contribution in [2.75, 3.05) is 6.61 Å². The van der Waals surface area contributed by atoms with E-state index >= 15 is 0 Å². The molecular weight excluding hydrogens is 250 g/mol. The molecule has 0 radical (unpaired) electrons. The number of rotatable bonds is 3. The fourth-order valence-corrected chi connectivity index (χ4v) is 3.75. The number of fused-ring (bicyclic) bond motifs is 1. The summed E-state index contributed by atoms with van der Waals surface area (Å²) < 4.78 is 0. The van der Waals surface area contributed by atoms with Crippen LogP contribution in [0.3, 0.4) is 0 Å². The van der Waals surface area contributed by atoms with Gasteiger partial charge < -0.3 is 10.4 Å². The van der Waals surface area contributed by atoms with Gasteiger partial charge in [0.2, 0.25) is 5.91 Å². The van der Waals surface area contributed by atoms with Crippen LogP contribution in [0.25, 0.3) is 0 Å². The first kappa shape index (κ1) is 13.6. The van der Waals surface area contributed by atoms with Gasteiger partial charge in [-0.3, -0.25) is 4.79 Å². The van der Waals surface area contributed by atoms with Crippen molar-refractivity contribution in [2.45, 2.75) is 50.5 Å². The van der Waals surface area contributed by atoms with Gasteiger partial charge in [0.25, 0.3) is 0 Å². The Hall–Kier alpha value is -1.35. The van der Waals surface area contributed by atoms with Crippen LogP contribution in [0.2, 0.25) is 0 Å². The van der Waals surface area contributed by atoms with E-state index in [2.05, 4.69) is 23.5 Å². The SMILES string of the molecule is O=C(NC1CCCC1CO)C1CCCc2ccccc21. The fraction of sp³-hybridized carbons (Fsp3) is 0.588. The highest BCUT2D eigenvalue weighted by Gasteiger charge is 2.32. The number of carbonyl (C=O) groups is 1. The van der Waals surface area contributed by atoms with E-state index < -0.39 is 0 Å². The summed E-state index contributed by atoms with van der Waals surface area (Å²) in [6.45, 7) is 0.187. The highest BCUT2D eigenvalue weighted by atomic mass is 16.3. The minimum atomic E-state index is -0.0000992. The predicted octanol–water partition coefficient (Wildman–Crippen LogP) is 2.38. The van der Waals surface area contributed by atoms with Crippen LogP contribution in [-0.2, 0) is 11.2 Å². The van der Waals surface area contributed by atoms with Crippen molar-refractivity contribution in [2.24, 2.45) is 5.92 Å². The smallest absolute Gasteiger partial charge is 0.227 e. The van der Waals surface area contributed by atoms with Gasteiger partial charge >= 0.3 is 0 Å². The lowest BCUT2D eigenvalue weighted by Gasteiger charge is -2.27. The summed E-state index contributed by atoms with van der Waals surface area (Å²) in [5.74, 6) is 0.403. The Balaban J connectivity index is 1.72. The Morgan fingerprint density at radius 2 is 2.05 bits per heavy atom. The second kappa shape index (κ2) is 5.96. The Morgan fingerprint density at radius 3 is 2.90 bits per heavy atom. The molecule has 3 rings (SSSR count). The molecule has 2 aliphatic rings. The topological polar surface area (TPSA) is 49.3 Å². The van der Waals surface area contributed by atoms with Gasteiger partial charge in [-0.1, -0.05) is 30.7 Å². The molecule has 0 aromatic heterocycles. The van der Waals surface area contributed by atoms with E-state index in [1.807, 2.05) is 6.07 Å². The van der Waals surface area contributed by atoms with Crippen molar-refractivity contribution in [3.8, 4) is 0 Å². The Bertz CT molecular complexity index is 486. The van der Waals surface area contributed by atoms with Crippen molar-refractivity contribution >= 4 is 5.91 Å². The molecule has 3 atom stereocenters. The molecule has 1 aromatic carbocycles. The maximum absolute atomic E-state index is 12.6. The first-order chi connectivity index (χ1) is 9.79. The van der Waals surface area contributed by atoms with Crippen molar-refractivity contribution in [1.82, 2.24) is 5.32 Å². The van der Waals surface area contributed by atoms with E-state index in [1.165, 1.54) is 11.1 Å². The molecule has 0 spiro atoms. The largest absolute Gasteiger partial charge is 0.396 e. The summed E-state index contributed by atoms with van der Waals surface area (Å²) in [5, 5.41) is 12.6. The number of amides is 1. The van der Waals surface area contributed by atoms with E-state index in [9.17, 15) is 9.90 Å². The van der Waals surface area contributed by atoms with E-state index in [0.717, 1.165) is 38.5 Å². The summed E-state index contributed by atoms with van der Waals surface area (Å²) in [7, 11) is 0. The maximum atomic E-state index is 12.6. The molecule has 0 saturated heterocycles. The van der Waals surface area contributed by atoms with Crippen molar-refractivity contribution in [3.05, 3.63) is 35.4 Å². The molecule has 1 amide bonds. The lowest BCUT2D eigenvalue weighted by atomic mass is 9.82. The van der Waals surface area contributed by atoms with Gasteiger partial charge in [-0.2, -0.15) is 0 Å². The number of nitrogens with one attached hydrogen (secondary N) is 1. The summed E-state index contributed by atoms with van der Waals surface area (Å²) in [6.07, 6.45) is 6.26. The average Bonchev–Trinajstić information content (AvgIpc) is 2.93. The van der Waals surface area contributed by atoms with Gasteiger partial charge in [-0.05, 0) is 43.2 Å². The van der Waals surface area contributed by atoms with Crippen molar-refractivity contribution in [1.29, 1.82) is 0 Å². The highest BCUT2D eigenvalue weighted by molar-refractivity contribution is 5.84. The second-order valence-electron chi connectivity index (χ2n) is 6.13. The average molecular weight is 273 g/mol. The van der Waals surface area contributed by atoms with Crippen LogP contribution >= 0.6 is 0 Å². The molecule has 0 aliphatic heterocycles. The summed E-state index contributed by atoms with van der Waals surface area (Å²) in [6, 6.07) is 8.48. The molecule has 0 bridgehead atoms. The number of carbonyl (C=O) groups excluding carboxylic acids is 1. The molecule has 3 unspecified atom stereocenters. The molecular formula is C17H23NO2. The zero-order chi connectivity index (χ0) is 13.9. The Labute approximate surface area is 120 Å². The molecule has 108 valence electrons. The monoisotopic (exact) mass is 273 g/mol. The number of aryl methyl sites for hydroxylation is 1. The molecule has 0 heterocycles. The molecule has 3 heteroatoms. The summed E-state index contributed by atoms with van der Waals surface area (Å²) in [4.78, 5) is 12.6. The van der Waals surface area contributed by atoms with Crippen molar-refractivity contribution < 1.29 is 9.90 Å². The molecule has 3 nitrogen and oxygen atoms in total. The summed E-state index contributed by atoms with van der Waals surface area (Å²) >= 11 is 0. The minimum Gasteiger partial charge on any atom is -0.396 e. The van der Waals surface area contributed by atoms with Crippen LogP contribution in [0.1, 0.15) is 49.1 Å². The first-order valence-electron chi connectivity index (χ1n) is 7.78. The predicted molar refractivity (Wildman–Crippen MR) is 78.5 cm³/mol. The van der Waals surface area contributed by atoms with E-state index in [0.29, 0.717) is 0 Å². The first-order valence-corrected chi connectivity index (χ1v) is 7.78. The molecule has 2 aliphatic carbocycles. The molecule has 20 heavy (non-hydrogen) atoms.